The fourth-order valence-corrected chi connectivity index (χ4v) is 3.03. The van der Waals surface area contributed by atoms with Gasteiger partial charge in [-0.15, -0.1) is 0 Å². The highest BCUT2D eigenvalue weighted by Crippen LogP contribution is 2.31. The van der Waals surface area contributed by atoms with Gasteiger partial charge in [-0.2, -0.15) is 0 Å². The van der Waals surface area contributed by atoms with Crippen molar-refractivity contribution in [2.24, 2.45) is 0 Å². The summed E-state index contributed by atoms with van der Waals surface area (Å²) in [5, 5.41) is 6.28. The minimum Gasteiger partial charge on any atom is -0.495 e. The van der Waals surface area contributed by atoms with E-state index < -0.39 is 0 Å². The van der Waals surface area contributed by atoms with E-state index in [-0.39, 0.29) is 6.03 Å². The van der Waals surface area contributed by atoms with Gasteiger partial charge in [-0.25, -0.2) is 9.78 Å². The van der Waals surface area contributed by atoms with Crippen LogP contribution in [0.3, 0.4) is 0 Å². The van der Waals surface area contributed by atoms with Gasteiger partial charge in [0.1, 0.15) is 5.75 Å². The summed E-state index contributed by atoms with van der Waals surface area (Å²) < 4.78 is 5.29. The van der Waals surface area contributed by atoms with Crippen LogP contribution in [-0.4, -0.2) is 31.2 Å². The molecule has 6 nitrogen and oxygen atoms in total. The van der Waals surface area contributed by atoms with Crippen molar-refractivity contribution in [3.63, 3.8) is 0 Å². The van der Waals surface area contributed by atoms with Crippen molar-refractivity contribution in [1.29, 1.82) is 0 Å². The minimum absolute atomic E-state index is 0.353. The lowest BCUT2D eigenvalue weighted by Crippen LogP contribution is -2.24. The molecule has 1 aromatic heterocycles. The van der Waals surface area contributed by atoms with E-state index in [4.69, 9.17) is 16.3 Å². The predicted octanol–water partition coefficient (Wildman–Crippen LogP) is 4.30. The molecule has 2 N–H and O–H groups in total. The summed E-state index contributed by atoms with van der Waals surface area (Å²) in [5.74, 6) is 1.31. The Kier molecular flexibility index (Phi) is 5.28. The predicted molar refractivity (Wildman–Crippen MR) is 101 cm³/mol. The number of aromatic nitrogens is 1. The number of ether oxygens (including phenoxy) is 1. The van der Waals surface area contributed by atoms with E-state index >= 15 is 0 Å². The van der Waals surface area contributed by atoms with Gasteiger partial charge in [-0.05, 0) is 43.5 Å². The van der Waals surface area contributed by atoms with Gasteiger partial charge in [0.2, 0.25) is 0 Å². The van der Waals surface area contributed by atoms with Crippen LogP contribution in [0.15, 0.2) is 30.5 Å². The number of nitrogens with one attached hydrogen (secondary N) is 2. The molecule has 2 amide bonds. The van der Waals surface area contributed by atoms with Crippen LogP contribution in [0.4, 0.5) is 22.0 Å². The first kappa shape index (κ1) is 17.4. The Hall–Kier alpha value is -2.47. The van der Waals surface area contributed by atoms with E-state index in [1.165, 1.54) is 7.11 Å². The Morgan fingerprint density at radius 2 is 1.96 bits per heavy atom. The molecule has 0 radical (unpaired) electrons. The average Bonchev–Trinajstić information content (AvgIpc) is 3.12. The molecule has 2 aromatic rings. The maximum absolute atomic E-state index is 12.5. The number of carbonyl (C=O) groups is 1. The molecule has 1 saturated heterocycles. The number of aryl methyl sites for hydroxylation is 1. The van der Waals surface area contributed by atoms with Gasteiger partial charge in [0.05, 0.1) is 18.5 Å². The van der Waals surface area contributed by atoms with Crippen molar-refractivity contribution in [2.45, 2.75) is 19.8 Å². The summed E-state index contributed by atoms with van der Waals surface area (Å²) in [6, 6.07) is 6.78. The van der Waals surface area contributed by atoms with Gasteiger partial charge in [0, 0.05) is 30.4 Å². The monoisotopic (exact) mass is 360 g/mol. The molecule has 25 heavy (non-hydrogen) atoms. The Morgan fingerprint density at radius 3 is 2.68 bits per heavy atom. The topological polar surface area (TPSA) is 66.5 Å². The number of rotatable bonds is 4. The molecule has 7 heteroatoms. The quantitative estimate of drug-likeness (QED) is 0.853. The highest BCUT2D eigenvalue weighted by Gasteiger charge is 2.18. The molecule has 2 heterocycles. The highest BCUT2D eigenvalue weighted by atomic mass is 35.5. The summed E-state index contributed by atoms with van der Waals surface area (Å²) in [5.41, 5.74) is 2.11. The number of urea groups is 1. The average molecular weight is 361 g/mol. The maximum Gasteiger partial charge on any atom is 0.323 e. The van der Waals surface area contributed by atoms with Crippen LogP contribution in [0.1, 0.15) is 18.4 Å². The molecule has 1 aliphatic heterocycles. The second-order valence-electron chi connectivity index (χ2n) is 5.95. The zero-order valence-corrected chi connectivity index (χ0v) is 15.1. The van der Waals surface area contributed by atoms with Crippen molar-refractivity contribution >= 4 is 34.8 Å². The fourth-order valence-electron chi connectivity index (χ4n) is 2.88. The molecule has 1 aromatic carbocycles. The lowest BCUT2D eigenvalue weighted by Gasteiger charge is -2.20. The minimum atomic E-state index is -0.353. The van der Waals surface area contributed by atoms with Gasteiger partial charge in [-0.3, -0.25) is 0 Å². The molecule has 0 saturated carbocycles. The second kappa shape index (κ2) is 7.61. The zero-order valence-electron chi connectivity index (χ0n) is 14.3. The van der Waals surface area contributed by atoms with E-state index in [0.29, 0.717) is 22.1 Å². The molecular formula is C18H21ClN4O2. The standard InChI is InChI=1S/C18H21ClN4O2/c1-12-10-15(16(25-2)11-13(12)19)22-18(24)21-14-6-5-7-20-17(14)23-8-3-4-9-23/h5-7,10-11H,3-4,8-9H2,1-2H3,(H2,21,22,24). The van der Waals surface area contributed by atoms with E-state index in [1.54, 1.807) is 18.3 Å². The third-order valence-electron chi connectivity index (χ3n) is 4.17. The Bertz CT molecular complexity index is 776. The van der Waals surface area contributed by atoms with Gasteiger partial charge in [0.15, 0.2) is 5.82 Å². The van der Waals surface area contributed by atoms with Crippen molar-refractivity contribution < 1.29 is 9.53 Å². The normalized spacial score (nSPS) is 13.6. The number of hydrogen-bond donors (Lipinski definition) is 2. The van der Waals surface area contributed by atoms with Crippen LogP contribution in [0.5, 0.6) is 5.75 Å². The number of pyridine rings is 1. The van der Waals surface area contributed by atoms with Crippen molar-refractivity contribution in [3.8, 4) is 5.75 Å². The molecule has 3 rings (SSSR count). The Balaban J connectivity index is 1.77. The molecular weight excluding hydrogens is 340 g/mol. The number of hydrogen-bond acceptors (Lipinski definition) is 4. The molecule has 0 atom stereocenters. The largest absolute Gasteiger partial charge is 0.495 e. The van der Waals surface area contributed by atoms with Crippen LogP contribution >= 0.6 is 11.6 Å². The van der Waals surface area contributed by atoms with Crippen molar-refractivity contribution in [1.82, 2.24) is 4.98 Å². The van der Waals surface area contributed by atoms with Crippen LogP contribution in [-0.2, 0) is 0 Å². The summed E-state index contributed by atoms with van der Waals surface area (Å²) in [7, 11) is 1.54. The van der Waals surface area contributed by atoms with E-state index in [2.05, 4.69) is 20.5 Å². The van der Waals surface area contributed by atoms with E-state index in [9.17, 15) is 4.79 Å². The van der Waals surface area contributed by atoms with E-state index in [1.807, 2.05) is 19.1 Å². The van der Waals surface area contributed by atoms with Gasteiger partial charge < -0.3 is 20.3 Å². The van der Waals surface area contributed by atoms with Crippen LogP contribution < -0.4 is 20.3 Å². The zero-order chi connectivity index (χ0) is 17.8. The summed E-state index contributed by atoms with van der Waals surface area (Å²) in [6.45, 7) is 3.78. The van der Waals surface area contributed by atoms with Gasteiger partial charge >= 0.3 is 6.03 Å². The molecule has 0 aliphatic carbocycles. The fraction of sp³-hybridized carbons (Fsp3) is 0.333. The molecule has 1 fully saturated rings. The molecule has 0 bridgehead atoms. The number of halogens is 1. The number of nitrogens with zero attached hydrogens (tertiary/aromatic N) is 2. The molecule has 132 valence electrons. The molecule has 0 spiro atoms. The number of amides is 2. The van der Waals surface area contributed by atoms with Gasteiger partial charge in [0.25, 0.3) is 0 Å². The lowest BCUT2D eigenvalue weighted by atomic mass is 10.2. The lowest BCUT2D eigenvalue weighted by molar-refractivity contribution is 0.262. The first-order valence-electron chi connectivity index (χ1n) is 8.20. The number of carbonyl (C=O) groups excluding carboxylic acids is 1. The van der Waals surface area contributed by atoms with Crippen LogP contribution in [0, 0.1) is 6.92 Å². The maximum atomic E-state index is 12.5. The molecule has 1 aliphatic rings. The second-order valence-corrected chi connectivity index (χ2v) is 6.36. The van der Waals surface area contributed by atoms with Gasteiger partial charge in [-0.1, -0.05) is 11.6 Å². The van der Waals surface area contributed by atoms with Crippen LogP contribution in [0.25, 0.3) is 0 Å². The number of methoxy groups -OCH3 is 1. The van der Waals surface area contributed by atoms with Crippen molar-refractivity contribution in [3.05, 3.63) is 41.0 Å². The third-order valence-corrected chi connectivity index (χ3v) is 4.58. The smallest absolute Gasteiger partial charge is 0.323 e. The first-order chi connectivity index (χ1) is 12.1. The summed E-state index contributed by atoms with van der Waals surface area (Å²) in [4.78, 5) is 19.1. The summed E-state index contributed by atoms with van der Waals surface area (Å²) >= 11 is 6.10. The number of anilines is 3. The van der Waals surface area contributed by atoms with Crippen molar-refractivity contribution in [2.75, 3.05) is 35.7 Å². The first-order valence-corrected chi connectivity index (χ1v) is 8.58. The van der Waals surface area contributed by atoms with E-state index in [0.717, 1.165) is 37.3 Å². The van der Waals surface area contributed by atoms with Crippen LogP contribution in [0.2, 0.25) is 5.02 Å². The Morgan fingerprint density at radius 1 is 1.24 bits per heavy atom. The number of benzene rings is 1. The highest BCUT2D eigenvalue weighted by molar-refractivity contribution is 6.31. The Labute approximate surface area is 152 Å². The third kappa shape index (κ3) is 3.96. The SMILES string of the molecule is COc1cc(Cl)c(C)cc1NC(=O)Nc1cccnc1N1CCCC1. The summed E-state index contributed by atoms with van der Waals surface area (Å²) in [6.07, 6.45) is 4.02. The molecule has 0 unspecified atom stereocenters.